The van der Waals surface area contributed by atoms with Gasteiger partial charge < -0.3 is 10.0 Å². The number of hydrogen-bond acceptors (Lipinski definition) is 2. The van der Waals surface area contributed by atoms with Crippen molar-refractivity contribution in [2.45, 2.75) is 19.4 Å². The van der Waals surface area contributed by atoms with Crippen molar-refractivity contribution in [3.63, 3.8) is 0 Å². The SMILES string of the molecule is O=C(c1cc(Br)ccc1CO)N1CCCC1. The summed E-state index contributed by atoms with van der Waals surface area (Å²) >= 11 is 3.35. The third-order valence-corrected chi connectivity index (χ3v) is 3.36. The molecule has 1 fully saturated rings. The van der Waals surface area contributed by atoms with E-state index in [2.05, 4.69) is 15.9 Å². The number of benzene rings is 1. The molecule has 4 heteroatoms. The Bertz CT molecular complexity index is 400. The van der Waals surface area contributed by atoms with Crippen molar-refractivity contribution >= 4 is 21.8 Å². The number of aliphatic hydroxyl groups excluding tert-OH is 1. The van der Waals surface area contributed by atoms with E-state index in [1.807, 2.05) is 11.0 Å². The van der Waals surface area contributed by atoms with Gasteiger partial charge in [-0.3, -0.25) is 4.79 Å². The minimum atomic E-state index is -0.0950. The molecule has 0 saturated carbocycles. The van der Waals surface area contributed by atoms with Gasteiger partial charge in [0.05, 0.1) is 6.61 Å². The number of rotatable bonds is 2. The maximum absolute atomic E-state index is 12.2. The van der Waals surface area contributed by atoms with Crippen LogP contribution in [0.1, 0.15) is 28.8 Å². The molecule has 0 atom stereocenters. The first kappa shape index (κ1) is 11.6. The Morgan fingerprint density at radius 1 is 1.38 bits per heavy atom. The maximum atomic E-state index is 12.2. The van der Waals surface area contributed by atoms with Gasteiger partial charge in [-0.05, 0) is 30.5 Å². The van der Waals surface area contributed by atoms with E-state index < -0.39 is 0 Å². The lowest BCUT2D eigenvalue weighted by molar-refractivity contribution is 0.0789. The largest absolute Gasteiger partial charge is 0.392 e. The Hall–Kier alpha value is -0.870. The van der Waals surface area contributed by atoms with Crippen LogP contribution in [0.4, 0.5) is 0 Å². The zero-order valence-electron chi connectivity index (χ0n) is 8.95. The van der Waals surface area contributed by atoms with Crippen LogP contribution in [0, 0.1) is 0 Å². The first-order chi connectivity index (χ1) is 7.72. The molecule has 1 saturated heterocycles. The molecular weight excluding hydrogens is 270 g/mol. The van der Waals surface area contributed by atoms with Crippen molar-refractivity contribution < 1.29 is 9.90 Å². The lowest BCUT2D eigenvalue weighted by Gasteiger charge is -2.17. The van der Waals surface area contributed by atoms with Gasteiger partial charge in [-0.1, -0.05) is 22.0 Å². The molecule has 1 amide bonds. The zero-order valence-corrected chi connectivity index (χ0v) is 10.5. The summed E-state index contributed by atoms with van der Waals surface area (Å²) in [6.45, 7) is 1.56. The van der Waals surface area contributed by atoms with E-state index in [1.165, 1.54) is 0 Å². The van der Waals surface area contributed by atoms with Gasteiger partial charge in [0, 0.05) is 23.1 Å². The summed E-state index contributed by atoms with van der Waals surface area (Å²) in [6.07, 6.45) is 2.16. The highest BCUT2D eigenvalue weighted by Gasteiger charge is 2.21. The second-order valence-corrected chi connectivity index (χ2v) is 4.87. The summed E-state index contributed by atoms with van der Waals surface area (Å²) < 4.78 is 0.868. The summed E-state index contributed by atoms with van der Waals surface area (Å²) in [5.74, 6) is 0.0304. The van der Waals surface area contributed by atoms with Gasteiger partial charge >= 0.3 is 0 Å². The van der Waals surface area contributed by atoms with Crippen molar-refractivity contribution in [3.8, 4) is 0 Å². The van der Waals surface area contributed by atoms with Gasteiger partial charge in [0.15, 0.2) is 0 Å². The molecule has 1 aromatic carbocycles. The average molecular weight is 284 g/mol. The number of amides is 1. The van der Waals surface area contributed by atoms with Crippen molar-refractivity contribution in [2.75, 3.05) is 13.1 Å². The molecule has 1 N–H and O–H groups in total. The fourth-order valence-electron chi connectivity index (χ4n) is 1.98. The quantitative estimate of drug-likeness (QED) is 0.904. The number of halogens is 1. The van der Waals surface area contributed by atoms with E-state index in [0.29, 0.717) is 11.1 Å². The molecule has 86 valence electrons. The first-order valence-corrected chi connectivity index (χ1v) is 6.20. The lowest BCUT2D eigenvalue weighted by Crippen LogP contribution is -2.28. The van der Waals surface area contributed by atoms with Crippen molar-refractivity contribution in [1.29, 1.82) is 0 Å². The second-order valence-electron chi connectivity index (χ2n) is 3.96. The lowest BCUT2D eigenvalue weighted by atomic mass is 10.1. The third kappa shape index (κ3) is 2.28. The highest BCUT2D eigenvalue weighted by atomic mass is 79.9. The van der Waals surface area contributed by atoms with E-state index >= 15 is 0 Å². The van der Waals surface area contributed by atoms with Crippen LogP contribution < -0.4 is 0 Å². The predicted octanol–water partition coefficient (Wildman–Crippen LogP) is 2.18. The number of nitrogens with zero attached hydrogens (tertiary/aromatic N) is 1. The molecule has 0 spiro atoms. The summed E-state index contributed by atoms with van der Waals surface area (Å²) in [5, 5.41) is 9.21. The highest BCUT2D eigenvalue weighted by molar-refractivity contribution is 9.10. The van der Waals surface area contributed by atoms with Gasteiger partial charge in [-0.15, -0.1) is 0 Å². The number of aliphatic hydroxyl groups is 1. The van der Waals surface area contributed by atoms with Crippen LogP contribution in [0.25, 0.3) is 0 Å². The summed E-state index contributed by atoms with van der Waals surface area (Å²) in [5.41, 5.74) is 1.30. The molecule has 0 aromatic heterocycles. The molecule has 0 bridgehead atoms. The first-order valence-electron chi connectivity index (χ1n) is 5.41. The van der Waals surface area contributed by atoms with Crippen LogP contribution in [0.3, 0.4) is 0 Å². The topological polar surface area (TPSA) is 40.5 Å². The fraction of sp³-hybridized carbons (Fsp3) is 0.417. The zero-order chi connectivity index (χ0) is 11.5. The molecule has 3 nitrogen and oxygen atoms in total. The Morgan fingerprint density at radius 2 is 2.06 bits per heavy atom. The molecule has 0 unspecified atom stereocenters. The van der Waals surface area contributed by atoms with Crippen LogP contribution in [0.15, 0.2) is 22.7 Å². The van der Waals surface area contributed by atoms with Gasteiger partial charge in [0.1, 0.15) is 0 Å². The molecule has 1 aliphatic heterocycles. The molecule has 0 radical (unpaired) electrons. The maximum Gasteiger partial charge on any atom is 0.254 e. The minimum absolute atomic E-state index is 0.0304. The molecule has 1 aliphatic rings. The van der Waals surface area contributed by atoms with Crippen LogP contribution >= 0.6 is 15.9 Å². The third-order valence-electron chi connectivity index (χ3n) is 2.87. The summed E-state index contributed by atoms with van der Waals surface area (Å²) in [4.78, 5) is 14.0. The van der Waals surface area contributed by atoms with Crippen LogP contribution in [-0.4, -0.2) is 29.0 Å². The Labute approximate surface area is 103 Å². The number of likely N-dealkylation sites (tertiary alicyclic amines) is 1. The number of carbonyl (C=O) groups is 1. The van der Waals surface area contributed by atoms with E-state index in [1.54, 1.807) is 12.1 Å². The Kier molecular flexibility index (Phi) is 3.61. The molecule has 1 aromatic rings. The summed E-state index contributed by atoms with van der Waals surface area (Å²) in [6, 6.07) is 5.41. The normalized spacial score (nSPS) is 15.5. The standard InChI is InChI=1S/C12H14BrNO2/c13-10-4-3-9(8-15)11(7-10)12(16)14-5-1-2-6-14/h3-4,7,15H,1-2,5-6,8H2. The second kappa shape index (κ2) is 4.97. The van der Waals surface area contributed by atoms with Gasteiger partial charge in [-0.2, -0.15) is 0 Å². The van der Waals surface area contributed by atoms with Gasteiger partial charge in [0.25, 0.3) is 5.91 Å². The van der Waals surface area contributed by atoms with Crippen LogP contribution in [-0.2, 0) is 6.61 Å². The monoisotopic (exact) mass is 283 g/mol. The van der Waals surface area contributed by atoms with Crippen LogP contribution in [0.5, 0.6) is 0 Å². The van der Waals surface area contributed by atoms with E-state index in [4.69, 9.17) is 0 Å². The smallest absolute Gasteiger partial charge is 0.254 e. The highest BCUT2D eigenvalue weighted by Crippen LogP contribution is 2.20. The van der Waals surface area contributed by atoms with Gasteiger partial charge in [0.2, 0.25) is 0 Å². The van der Waals surface area contributed by atoms with E-state index in [9.17, 15) is 9.90 Å². The fourth-order valence-corrected chi connectivity index (χ4v) is 2.34. The minimum Gasteiger partial charge on any atom is -0.392 e. The van der Waals surface area contributed by atoms with E-state index in [0.717, 1.165) is 30.4 Å². The number of hydrogen-bond donors (Lipinski definition) is 1. The van der Waals surface area contributed by atoms with Crippen LogP contribution in [0.2, 0.25) is 0 Å². The molecular formula is C12H14BrNO2. The van der Waals surface area contributed by atoms with Gasteiger partial charge in [-0.25, -0.2) is 0 Å². The predicted molar refractivity (Wildman–Crippen MR) is 65.2 cm³/mol. The molecule has 16 heavy (non-hydrogen) atoms. The van der Waals surface area contributed by atoms with Crippen molar-refractivity contribution in [3.05, 3.63) is 33.8 Å². The number of carbonyl (C=O) groups excluding carboxylic acids is 1. The van der Waals surface area contributed by atoms with Crippen molar-refractivity contribution in [2.24, 2.45) is 0 Å². The molecule has 0 aliphatic carbocycles. The molecule has 2 rings (SSSR count). The Morgan fingerprint density at radius 3 is 2.69 bits per heavy atom. The van der Waals surface area contributed by atoms with E-state index in [-0.39, 0.29) is 12.5 Å². The molecule has 1 heterocycles. The Balaban J connectivity index is 2.30. The van der Waals surface area contributed by atoms with Crippen molar-refractivity contribution in [1.82, 2.24) is 4.90 Å². The average Bonchev–Trinajstić information content (AvgIpc) is 2.81. The summed E-state index contributed by atoms with van der Waals surface area (Å²) in [7, 11) is 0.